The van der Waals surface area contributed by atoms with Crippen LogP contribution in [0.3, 0.4) is 0 Å². The first-order valence-electron chi connectivity index (χ1n) is 23.6. The van der Waals surface area contributed by atoms with Crippen LogP contribution in [0.2, 0.25) is 0 Å². The number of rotatable bonds is 44. The molecule has 0 bridgehead atoms. The van der Waals surface area contributed by atoms with E-state index in [9.17, 15) is 19.4 Å². The van der Waals surface area contributed by atoms with Gasteiger partial charge < -0.3 is 24.6 Å². The standard InChI is InChI=1S/C50H87O9P/c1-3-5-7-9-11-13-15-17-19-20-21-22-23-24-25-26-27-29-31-33-35-37-39-41-43-56-46-49(47-58-60(54,55)57-45-48(52)44-51)59-50(53)42-40-38-36-34-32-30-28-18-16-14-12-10-8-6-4-2/h5-8,11-14,17-19,21-22,28,48-49,51-52H,3-4,9-10,15-16,20,23-27,29-47H2,1-2H3,(H,54,55)/b7-5-,8-6-,13-11-,14-12-,19-17-,22-21-,28-18-. The van der Waals surface area contributed by atoms with Crippen LogP contribution < -0.4 is 0 Å². The van der Waals surface area contributed by atoms with Gasteiger partial charge in [-0.05, 0) is 83.5 Å². The van der Waals surface area contributed by atoms with Gasteiger partial charge in [0.25, 0.3) is 0 Å². The molecule has 0 saturated heterocycles. The summed E-state index contributed by atoms with van der Waals surface area (Å²) in [5.74, 6) is -0.403. The van der Waals surface area contributed by atoms with Gasteiger partial charge in [-0.25, -0.2) is 4.57 Å². The Hall–Kier alpha value is -2.36. The van der Waals surface area contributed by atoms with Gasteiger partial charge in [0, 0.05) is 13.0 Å². The van der Waals surface area contributed by atoms with Gasteiger partial charge in [-0.3, -0.25) is 13.8 Å². The zero-order chi connectivity index (χ0) is 43.9. The Balaban J connectivity index is 4.11. The van der Waals surface area contributed by atoms with E-state index >= 15 is 0 Å². The molecule has 0 aliphatic rings. The molecule has 0 rings (SSSR count). The molecule has 0 aromatic heterocycles. The fraction of sp³-hybridized carbons (Fsp3) is 0.700. The lowest BCUT2D eigenvalue weighted by Gasteiger charge is -2.20. The third-order valence-electron chi connectivity index (χ3n) is 9.58. The first-order valence-corrected chi connectivity index (χ1v) is 25.1. The lowest BCUT2D eigenvalue weighted by molar-refractivity contribution is -0.154. The van der Waals surface area contributed by atoms with Crippen molar-refractivity contribution in [2.75, 3.05) is 33.0 Å². The van der Waals surface area contributed by atoms with Gasteiger partial charge in [0.2, 0.25) is 0 Å². The van der Waals surface area contributed by atoms with Gasteiger partial charge in [0.05, 0.1) is 26.4 Å². The minimum atomic E-state index is -4.53. The van der Waals surface area contributed by atoms with Gasteiger partial charge in [0.15, 0.2) is 0 Å². The van der Waals surface area contributed by atoms with Crippen molar-refractivity contribution in [1.29, 1.82) is 0 Å². The number of aliphatic hydroxyl groups excluding tert-OH is 2. The number of ether oxygens (including phenoxy) is 2. The quantitative estimate of drug-likeness (QED) is 0.0237. The third kappa shape index (κ3) is 45.2. The predicted octanol–water partition coefficient (Wildman–Crippen LogP) is 13.5. The Morgan fingerprint density at radius 3 is 1.35 bits per heavy atom. The maximum atomic E-state index is 12.6. The molecule has 0 amide bonds. The fourth-order valence-corrected chi connectivity index (χ4v) is 6.86. The molecule has 0 fully saturated rings. The Morgan fingerprint density at radius 1 is 0.517 bits per heavy atom. The molecule has 0 aliphatic heterocycles. The molecule has 3 atom stereocenters. The summed E-state index contributed by atoms with van der Waals surface area (Å²) in [4.78, 5) is 22.6. The van der Waals surface area contributed by atoms with Crippen LogP contribution in [0.25, 0.3) is 0 Å². The minimum absolute atomic E-state index is 0.0354. The molecule has 0 heterocycles. The van der Waals surface area contributed by atoms with Crippen LogP contribution >= 0.6 is 7.82 Å². The average Bonchev–Trinajstić information content (AvgIpc) is 3.24. The van der Waals surface area contributed by atoms with Crippen LogP contribution in [0.5, 0.6) is 0 Å². The highest BCUT2D eigenvalue weighted by molar-refractivity contribution is 7.47. The van der Waals surface area contributed by atoms with Gasteiger partial charge >= 0.3 is 13.8 Å². The molecule has 346 valence electrons. The van der Waals surface area contributed by atoms with Crippen molar-refractivity contribution in [1.82, 2.24) is 0 Å². The maximum Gasteiger partial charge on any atom is 0.472 e. The van der Waals surface area contributed by atoms with Crippen molar-refractivity contribution < 1.29 is 43.0 Å². The van der Waals surface area contributed by atoms with E-state index < -0.39 is 39.2 Å². The number of carbonyl (C=O) groups is 1. The number of esters is 1. The van der Waals surface area contributed by atoms with Crippen molar-refractivity contribution in [3.63, 3.8) is 0 Å². The van der Waals surface area contributed by atoms with Crippen LogP contribution in [0, 0.1) is 0 Å². The lowest BCUT2D eigenvalue weighted by Crippen LogP contribution is -2.29. The summed E-state index contributed by atoms with van der Waals surface area (Å²) in [6, 6.07) is 0. The van der Waals surface area contributed by atoms with Crippen molar-refractivity contribution in [2.45, 2.75) is 193 Å². The van der Waals surface area contributed by atoms with Crippen LogP contribution in [0.15, 0.2) is 85.1 Å². The van der Waals surface area contributed by atoms with Crippen molar-refractivity contribution >= 4 is 13.8 Å². The molecular weight excluding hydrogens is 776 g/mol. The number of unbranched alkanes of at least 4 members (excludes halogenated alkanes) is 16. The monoisotopic (exact) mass is 863 g/mol. The van der Waals surface area contributed by atoms with E-state index in [0.717, 1.165) is 96.3 Å². The Morgan fingerprint density at radius 2 is 0.900 bits per heavy atom. The first-order chi connectivity index (χ1) is 29.3. The zero-order valence-electron chi connectivity index (χ0n) is 37.9. The molecule has 0 saturated carbocycles. The number of hydrogen-bond acceptors (Lipinski definition) is 8. The normalized spacial score (nSPS) is 14.7. The number of phosphoric ester groups is 1. The molecule has 3 unspecified atom stereocenters. The Bertz CT molecular complexity index is 1210. The van der Waals surface area contributed by atoms with E-state index in [0.29, 0.717) is 13.0 Å². The molecule has 10 heteroatoms. The van der Waals surface area contributed by atoms with E-state index in [1.54, 1.807) is 0 Å². The van der Waals surface area contributed by atoms with Gasteiger partial charge in [-0.1, -0.05) is 176 Å². The molecule has 0 aromatic rings. The second-order valence-electron chi connectivity index (χ2n) is 15.4. The van der Waals surface area contributed by atoms with Crippen LogP contribution in [-0.4, -0.2) is 66.3 Å². The molecule has 0 radical (unpaired) electrons. The van der Waals surface area contributed by atoms with Crippen molar-refractivity contribution in [3.8, 4) is 0 Å². The number of aliphatic hydroxyl groups is 2. The summed E-state index contributed by atoms with van der Waals surface area (Å²) in [6.07, 6.45) is 56.9. The van der Waals surface area contributed by atoms with Crippen LogP contribution in [-0.2, 0) is 27.9 Å². The van der Waals surface area contributed by atoms with E-state index in [-0.39, 0.29) is 19.6 Å². The Kier molecular flexibility index (Phi) is 44.3. The summed E-state index contributed by atoms with van der Waals surface area (Å²) >= 11 is 0. The first kappa shape index (κ1) is 57.6. The molecular formula is C50H87O9P. The van der Waals surface area contributed by atoms with Crippen molar-refractivity contribution in [2.24, 2.45) is 0 Å². The van der Waals surface area contributed by atoms with E-state index in [1.165, 1.54) is 57.8 Å². The van der Waals surface area contributed by atoms with E-state index in [4.69, 9.17) is 23.6 Å². The summed E-state index contributed by atoms with van der Waals surface area (Å²) in [5, 5.41) is 18.4. The SMILES string of the molecule is CC/C=C\C/C=C\C/C=C\C/C=C\CCCCCCCCCCCCCOCC(COP(=O)(O)OCC(O)CO)OC(=O)CCCCCCC/C=C\C/C=C\C/C=C\CC. The van der Waals surface area contributed by atoms with Gasteiger partial charge in [-0.2, -0.15) is 0 Å². The average molecular weight is 863 g/mol. The summed E-state index contributed by atoms with van der Waals surface area (Å²) < 4.78 is 33.4. The van der Waals surface area contributed by atoms with Crippen LogP contribution in [0.4, 0.5) is 0 Å². The largest absolute Gasteiger partial charge is 0.472 e. The highest BCUT2D eigenvalue weighted by atomic mass is 31.2. The summed E-state index contributed by atoms with van der Waals surface area (Å²) in [6.45, 7) is 3.25. The van der Waals surface area contributed by atoms with E-state index in [1.807, 2.05) is 0 Å². The second-order valence-corrected chi connectivity index (χ2v) is 16.8. The molecule has 0 aromatic carbocycles. The number of allylic oxidation sites excluding steroid dienone is 14. The van der Waals surface area contributed by atoms with Gasteiger partial charge in [-0.15, -0.1) is 0 Å². The number of phosphoric acid groups is 1. The number of hydrogen-bond donors (Lipinski definition) is 3. The molecule has 60 heavy (non-hydrogen) atoms. The summed E-state index contributed by atoms with van der Waals surface area (Å²) in [7, 11) is -4.53. The molecule has 9 nitrogen and oxygen atoms in total. The number of carbonyl (C=O) groups excluding carboxylic acids is 1. The highest BCUT2D eigenvalue weighted by Gasteiger charge is 2.26. The summed E-state index contributed by atoms with van der Waals surface area (Å²) in [5.41, 5.74) is 0. The van der Waals surface area contributed by atoms with Gasteiger partial charge in [0.1, 0.15) is 12.2 Å². The van der Waals surface area contributed by atoms with Crippen molar-refractivity contribution in [3.05, 3.63) is 85.1 Å². The molecule has 0 spiro atoms. The topological polar surface area (TPSA) is 132 Å². The second kappa shape index (κ2) is 46.2. The highest BCUT2D eigenvalue weighted by Crippen LogP contribution is 2.43. The maximum absolute atomic E-state index is 12.6. The fourth-order valence-electron chi connectivity index (χ4n) is 6.07. The van der Waals surface area contributed by atoms with Crippen LogP contribution in [0.1, 0.15) is 181 Å². The molecule has 0 aliphatic carbocycles. The Labute approximate surface area is 366 Å². The predicted molar refractivity (Wildman–Crippen MR) is 251 cm³/mol. The minimum Gasteiger partial charge on any atom is -0.457 e. The smallest absolute Gasteiger partial charge is 0.457 e. The zero-order valence-corrected chi connectivity index (χ0v) is 38.8. The lowest BCUT2D eigenvalue weighted by atomic mass is 10.1. The molecule has 3 N–H and O–H groups in total. The van der Waals surface area contributed by atoms with E-state index in [2.05, 4.69) is 98.9 Å². The third-order valence-corrected chi connectivity index (χ3v) is 10.5.